The molecule has 0 spiro atoms. The first-order valence-electron chi connectivity index (χ1n) is 9.07. The molecular weight excluding hydrogens is 465 g/mol. The highest BCUT2D eigenvalue weighted by atomic mass is 35.5. The molecule has 1 fully saturated rings. The number of phenols is 1. The lowest BCUT2D eigenvalue weighted by Crippen LogP contribution is -2.33. The van der Waals surface area contributed by atoms with E-state index in [4.69, 9.17) is 28.3 Å². The van der Waals surface area contributed by atoms with Gasteiger partial charge in [-0.25, -0.2) is 9.79 Å². The van der Waals surface area contributed by atoms with Crippen molar-refractivity contribution < 1.29 is 24.6 Å². The largest absolute Gasteiger partial charge is 0.505 e. The van der Waals surface area contributed by atoms with Crippen LogP contribution in [0.5, 0.6) is 5.75 Å². The molecule has 1 saturated heterocycles. The number of thioether (sulfide) groups is 1. The number of hydrogen-bond donors (Lipinski definition) is 3. The molecule has 1 aliphatic rings. The van der Waals surface area contributed by atoms with Crippen molar-refractivity contribution >= 4 is 69.3 Å². The number of nitrogens with zero attached hydrogens (tertiary/aromatic N) is 2. The minimum absolute atomic E-state index is 0.0312. The van der Waals surface area contributed by atoms with Gasteiger partial charge in [0.2, 0.25) is 11.8 Å². The third kappa shape index (κ3) is 5.30. The average molecular weight is 482 g/mol. The fourth-order valence-corrected chi connectivity index (χ4v) is 4.55. The van der Waals surface area contributed by atoms with Crippen molar-refractivity contribution in [3.8, 4) is 5.75 Å². The Labute approximate surface area is 191 Å². The number of hydrogen-bond acceptors (Lipinski definition) is 6. The summed E-state index contributed by atoms with van der Waals surface area (Å²) in [5.41, 5.74) is 0.731. The van der Waals surface area contributed by atoms with Gasteiger partial charge in [0.05, 0.1) is 21.3 Å². The molecule has 0 aromatic heterocycles. The lowest BCUT2D eigenvalue weighted by atomic mass is 10.2. The van der Waals surface area contributed by atoms with Gasteiger partial charge >= 0.3 is 5.97 Å². The second-order valence-electron chi connectivity index (χ2n) is 6.48. The number of carboxylic acids is 1. The zero-order valence-electron chi connectivity index (χ0n) is 16.1. The van der Waals surface area contributed by atoms with Crippen molar-refractivity contribution in [3.63, 3.8) is 0 Å². The molecule has 8 nitrogen and oxygen atoms in total. The predicted molar refractivity (Wildman–Crippen MR) is 121 cm³/mol. The van der Waals surface area contributed by atoms with Gasteiger partial charge in [-0.1, -0.05) is 41.0 Å². The van der Waals surface area contributed by atoms with E-state index in [2.05, 4.69) is 10.3 Å². The van der Waals surface area contributed by atoms with E-state index in [-0.39, 0.29) is 33.7 Å². The molecule has 31 heavy (non-hydrogen) atoms. The second kappa shape index (κ2) is 9.59. The van der Waals surface area contributed by atoms with Crippen molar-refractivity contribution in [2.45, 2.75) is 18.6 Å². The number of benzene rings is 2. The Morgan fingerprint density at radius 2 is 1.90 bits per heavy atom. The number of aromatic hydroxyl groups is 1. The van der Waals surface area contributed by atoms with E-state index in [9.17, 15) is 19.5 Å². The fraction of sp³-hybridized carbons (Fsp3) is 0.200. The minimum atomic E-state index is -1.11. The summed E-state index contributed by atoms with van der Waals surface area (Å²) in [5.74, 6) is -2.05. The number of carbonyl (C=O) groups excluding carboxylic acids is 2. The van der Waals surface area contributed by atoms with Crippen LogP contribution in [-0.2, 0) is 9.59 Å². The summed E-state index contributed by atoms with van der Waals surface area (Å²) in [7, 11) is 0. The van der Waals surface area contributed by atoms with Crippen LogP contribution in [0.1, 0.15) is 23.7 Å². The molecule has 11 heteroatoms. The number of rotatable bonds is 6. The molecule has 2 aromatic rings. The Morgan fingerprint density at radius 3 is 2.52 bits per heavy atom. The molecule has 1 heterocycles. The first kappa shape index (κ1) is 22.9. The summed E-state index contributed by atoms with van der Waals surface area (Å²) in [5, 5.41) is 21.1. The Bertz CT molecular complexity index is 1070. The summed E-state index contributed by atoms with van der Waals surface area (Å²) >= 11 is 13.0. The maximum atomic E-state index is 12.7. The number of carboxylic acid groups (broad SMARTS) is 1. The number of carbonyl (C=O) groups is 3. The van der Waals surface area contributed by atoms with Crippen LogP contribution in [0, 0.1) is 0 Å². The molecule has 0 aliphatic carbocycles. The predicted octanol–water partition coefficient (Wildman–Crippen LogP) is 4.38. The van der Waals surface area contributed by atoms with Crippen LogP contribution in [0.4, 0.5) is 11.4 Å². The van der Waals surface area contributed by atoms with E-state index in [0.717, 1.165) is 11.8 Å². The summed E-state index contributed by atoms with van der Waals surface area (Å²) in [6, 6.07) is 8.68. The van der Waals surface area contributed by atoms with Gasteiger partial charge in [-0.3, -0.25) is 14.5 Å². The number of phenolic OH excluding ortho intramolecular Hbond substituents is 1. The fourth-order valence-electron chi connectivity index (χ4n) is 2.85. The number of aliphatic imine (C=N–C) groups is 1. The van der Waals surface area contributed by atoms with E-state index in [1.807, 2.05) is 0 Å². The number of anilines is 1. The summed E-state index contributed by atoms with van der Waals surface area (Å²) in [4.78, 5) is 42.1. The summed E-state index contributed by atoms with van der Waals surface area (Å²) in [6.07, 6.45) is -0.118. The van der Waals surface area contributed by atoms with Gasteiger partial charge in [0, 0.05) is 18.7 Å². The molecule has 0 saturated carbocycles. The van der Waals surface area contributed by atoms with Crippen LogP contribution >= 0.6 is 35.0 Å². The summed E-state index contributed by atoms with van der Waals surface area (Å²) < 4.78 is 0. The Hall–Kier alpha value is -2.75. The van der Waals surface area contributed by atoms with Crippen LogP contribution in [0.15, 0.2) is 41.4 Å². The highest BCUT2D eigenvalue weighted by Gasteiger charge is 2.38. The van der Waals surface area contributed by atoms with Crippen LogP contribution in [0.3, 0.4) is 0 Å². The number of halogens is 2. The van der Waals surface area contributed by atoms with Gasteiger partial charge < -0.3 is 15.5 Å². The lowest BCUT2D eigenvalue weighted by molar-refractivity contribution is -0.128. The first-order valence-corrected chi connectivity index (χ1v) is 10.7. The normalized spacial score (nSPS) is 17.3. The SMILES string of the molecule is CCN1C(=O)[C@@H](CC(=O)Nc2cccc(C(=O)O)c2)SC1=Nc1cc(Cl)c(O)c(Cl)c1. The highest BCUT2D eigenvalue weighted by molar-refractivity contribution is 8.15. The van der Waals surface area contributed by atoms with Crippen LogP contribution < -0.4 is 5.32 Å². The van der Waals surface area contributed by atoms with Crippen LogP contribution in [0.25, 0.3) is 0 Å². The topological polar surface area (TPSA) is 119 Å². The molecule has 0 radical (unpaired) electrons. The Balaban J connectivity index is 1.74. The highest BCUT2D eigenvalue weighted by Crippen LogP contribution is 2.37. The van der Waals surface area contributed by atoms with Crippen molar-refractivity contribution in [1.29, 1.82) is 0 Å². The second-order valence-corrected chi connectivity index (χ2v) is 8.46. The van der Waals surface area contributed by atoms with Gasteiger partial charge in [0.25, 0.3) is 0 Å². The van der Waals surface area contributed by atoms with Gasteiger partial charge in [0.15, 0.2) is 10.9 Å². The maximum Gasteiger partial charge on any atom is 0.335 e. The van der Waals surface area contributed by atoms with Gasteiger partial charge in [-0.2, -0.15) is 0 Å². The molecule has 1 aliphatic heterocycles. The molecule has 0 bridgehead atoms. The molecule has 1 atom stereocenters. The molecular formula is C20H17Cl2N3O5S. The average Bonchev–Trinajstić information content (AvgIpc) is 3.00. The van der Waals surface area contributed by atoms with Crippen LogP contribution in [0.2, 0.25) is 10.0 Å². The lowest BCUT2D eigenvalue weighted by Gasteiger charge is -2.13. The molecule has 2 amide bonds. The molecule has 0 unspecified atom stereocenters. The number of aromatic carboxylic acids is 1. The van der Waals surface area contributed by atoms with E-state index in [1.54, 1.807) is 13.0 Å². The van der Waals surface area contributed by atoms with Crippen LogP contribution in [-0.4, -0.2) is 49.9 Å². The van der Waals surface area contributed by atoms with Crippen molar-refractivity contribution in [2.75, 3.05) is 11.9 Å². The molecule has 3 N–H and O–H groups in total. The van der Waals surface area contributed by atoms with Crippen molar-refractivity contribution in [1.82, 2.24) is 4.90 Å². The van der Waals surface area contributed by atoms with E-state index in [0.29, 0.717) is 23.1 Å². The number of nitrogens with one attached hydrogen (secondary N) is 1. The quantitative estimate of drug-likeness (QED) is 0.563. The van der Waals surface area contributed by atoms with E-state index >= 15 is 0 Å². The van der Waals surface area contributed by atoms with Gasteiger partial charge in [-0.05, 0) is 37.3 Å². The number of amidine groups is 1. The van der Waals surface area contributed by atoms with Crippen molar-refractivity contribution in [3.05, 3.63) is 52.0 Å². The molecule has 3 rings (SSSR count). The zero-order valence-corrected chi connectivity index (χ0v) is 18.5. The molecule has 162 valence electrons. The maximum absolute atomic E-state index is 12.7. The van der Waals surface area contributed by atoms with E-state index in [1.165, 1.54) is 35.2 Å². The first-order chi connectivity index (χ1) is 14.7. The third-order valence-corrected chi connectivity index (χ3v) is 6.08. The third-order valence-electron chi connectivity index (χ3n) is 4.33. The standard InChI is InChI=1S/C20H17Cl2N3O5S/c1-2-25-18(28)15(9-16(26)23-11-5-3-4-10(6-11)19(29)30)31-20(25)24-12-7-13(21)17(27)14(22)8-12/h3-8,15,27H,2,9H2,1H3,(H,23,26)(H,29,30)/t15-/m1/s1. The smallest absolute Gasteiger partial charge is 0.335 e. The monoisotopic (exact) mass is 481 g/mol. The molecule has 2 aromatic carbocycles. The summed E-state index contributed by atoms with van der Waals surface area (Å²) in [6.45, 7) is 2.13. The van der Waals surface area contributed by atoms with Crippen molar-refractivity contribution in [2.24, 2.45) is 4.99 Å². The Kier molecular flexibility index (Phi) is 7.09. The zero-order chi connectivity index (χ0) is 22.7. The van der Waals surface area contributed by atoms with Gasteiger partial charge in [0.1, 0.15) is 5.25 Å². The minimum Gasteiger partial charge on any atom is -0.505 e. The van der Waals surface area contributed by atoms with E-state index < -0.39 is 17.1 Å². The number of amides is 2. The Morgan fingerprint density at radius 1 is 1.23 bits per heavy atom. The van der Waals surface area contributed by atoms with Gasteiger partial charge in [-0.15, -0.1) is 0 Å².